The molecule has 2 aliphatic rings. The fraction of sp³-hybridized carbons (Fsp3) is 0.611. The van der Waals surface area contributed by atoms with E-state index in [1.165, 1.54) is 18.6 Å². The van der Waals surface area contributed by atoms with Gasteiger partial charge in [0.1, 0.15) is 5.69 Å². The molecule has 9 nitrogen and oxygen atoms in total. The lowest BCUT2D eigenvalue weighted by molar-refractivity contribution is -0.126. The maximum atomic E-state index is 12.9. The van der Waals surface area contributed by atoms with Gasteiger partial charge in [0, 0.05) is 70.0 Å². The van der Waals surface area contributed by atoms with Gasteiger partial charge in [-0.05, 0) is 13.8 Å². The molecule has 1 N–H and O–H groups in total. The predicted molar refractivity (Wildman–Crippen MR) is 97.9 cm³/mol. The Balaban J connectivity index is 1.85. The first-order valence-electron chi connectivity index (χ1n) is 9.14. The van der Waals surface area contributed by atoms with Crippen molar-refractivity contribution in [3.63, 3.8) is 0 Å². The van der Waals surface area contributed by atoms with E-state index in [-0.39, 0.29) is 29.6 Å². The highest BCUT2D eigenvalue weighted by Crippen LogP contribution is 2.34. The number of nitrogens with zero attached hydrogens (tertiary/aromatic N) is 5. The second kappa shape index (κ2) is 7.50. The fourth-order valence-electron chi connectivity index (χ4n) is 3.83. The Morgan fingerprint density at radius 2 is 1.85 bits per heavy atom. The highest BCUT2D eigenvalue weighted by atomic mass is 16.2. The van der Waals surface area contributed by atoms with Gasteiger partial charge in [-0.2, -0.15) is 0 Å². The first-order valence-corrected chi connectivity index (χ1v) is 9.14. The first-order chi connectivity index (χ1) is 12.8. The van der Waals surface area contributed by atoms with E-state index < -0.39 is 5.41 Å². The standard InChI is InChI=1S/C18H26N6O3/c1-13(2)21-17(27)24-7-6-23(16(26)14-9-19-4-5-20-14)11-18(12-24)8-15(25)22(3)10-18/h4-5,9,13H,6-8,10-12H2,1-3H3,(H,21,27). The molecule has 1 spiro atoms. The second-order valence-corrected chi connectivity index (χ2v) is 7.77. The van der Waals surface area contributed by atoms with Crippen molar-refractivity contribution >= 4 is 17.8 Å². The lowest BCUT2D eigenvalue weighted by Crippen LogP contribution is -2.49. The summed E-state index contributed by atoms with van der Waals surface area (Å²) in [7, 11) is 1.76. The minimum Gasteiger partial charge on any atom is -0.345 e. The van der Waals surface area contributed by atoms with Gasteiger partial charge in [0.15, 0.2) is 0 Å². The molecule has 0 aliphatic carbocycles. The third kappa shape index (κ3) is 4.17. The van der Waals surface area contributed by atoms with Crippen molar-refractivity contribution in [2.24, 2.45) is 5.41 Å². The quantitative estimate of drug-likeness (QED) is 0.797. The minimum absolute atomic E-state index is 0.0157. The zero-order valence-corrected chi connectivity index (χ0v) is 16.0. The predicted octanol–water partition coefficient (Wildman–Crippen LogP) is 0.201. The van der Waals surface area contributed by atoms with E-state index in [0.29, 0.717) is 39.1 Å². The number of hydrogen-bond donors (Lipinski definition) is 1. The number of amides is 4. The molecule has 3 rings (SSSR count). The van der Waals surface area contributed by atoms with Crippen molar-refractivity contribution in [3.8, 4) is 0 Å². The Bertz CT molecular complexity index is 725. The van der Waals surface area contributed by atoms with Crippen molar-refractivity contribution in [2.75, 3.05) is 39.8 Å². The molecule has 4 amide bonds. The van der Waals surface area contributed by atoms with Gasteiger partial charge in [-0.15, -0.1) is 0 Å². The molecule has 1 aromatic rings. The summed E-state index contributed by atoms with van der Waals surface area (Å²) in [6.45, 7) is 5.96. The zero-order chi connectivity index (χ0) is 19.6. The van der Waals surface area contributed by atoms with Crippen molar-refractivity contribution in [3.05, 3.63) is 24.3 Å². The lowest BCUT2D eigenvalue weighted by atomic mass is 9.86. The summed E-state index contributed by atoms with van der Waals surface area (Å²) < 4.78 is 0. The summed E-state index contributed by atoms with van der Waals surface area (Å²) in [6.07, 6.45) is 4.76. The SMILES string of the molecule is CC(C)NC(=O)N1CCN(C(=O)c2cnccn2)CC2(CC(=O)N(C)C2)C1. The minimum atomic E-state index is -0.478. The van der Waals surface area contributed by atoms with Gasteiger partial charge in [-0.25, -0.2) is 9.78 Å². The van der Waals surface area contributed by atoms with E-state index in [2.05, 4.69) is 15.3 Å². The molecule has 3 heterocycles. The topological polar surface area (TPSA) is 98.7 Å². The molecule has 146 valence electrons. The van der Waals surface area contributed by atoms with Crippen LogP contribution in [-0.2, 0) is 4.79 Å². The van der Waals surface area contributed by atoms with E-state index in [1.54, 1.807) is 21.7 Å². The van der Waals surface area contributed by atoms with Crippen LogP contribution in [0.3, 0.4) is 0 Å². The molecule has 27 heavy (non-hydrogen) atoms. The molecule has 9 heteroatoms. The van der Waals surface area contributed by atoms with Crippen LogP contribution in [0.2, 0.25) is 0 Å². The number of carbonyl (C=O) groups excluding carboxylic acids is 3. The van der Waals surface area contributed by atoms with Gasteiger partial charge in [-0.1, -0.05) is 0 Å². The van der Waals surface area contributed by atoms with Gasteiger partial charge >= 0.3 is 6.03 Å². The average molecular weight is 374 g/mol. The van der Waals surface area contributed by atoms with Crippen molar-refractivity contribution in [1.29, 1.82) is 0 Å². The third-order valence-electron chi connectivity index (χ3n) is 4.99. The lowest BCUT2D eigenvalue weighted by Gasteiger charge is -2.33. The van der Waals surface area contributed by atoms with Crippen LogP contribution in [0.5, 0.6) is 0 Å². The van der Waals surface area contributed by atoms with Crippen LogP contribution in [0, 0.1) is 5.41 Å². The zero-order valence-electron chi connectivity index (χ0n) is 16.0. The van der Waals surface area contributed by atoms with Crippen molar-refractivity contribution in [1.82, 2.24) is 30.0 Å². The number of hydrogen-bond acceptors (Lipinski definition) is 5. The Hall–Kier alpha value is -2.71. The van der Waals surface area contributed by atoms with Crippen LogP contribution < -0.4 is 5.32 Å². The Morgan fingerprint density at radius 3 is 2.44 bits per heavy atom. The Morgan fingerprint density at radius 1 is 1.15 bits per heavy atom. The molecule has 2 aliphatic heterocycles. The number of carbonyl (C=O) groups is 3. The first kappa shape index (κ1) is 19.1. The van der Waals surface area contributed by atoms with Gasteiger partial charge in [0.2, 0.25) is 5.91 Å². The molecular formula is C18H26N6O3. The smallest absolute Gasteiger partial charge is 0.317 e. The summed E-state index contributed by atoms with van der Waals surface area (Å²) in [5, 5.41) is 2.91. The highest BCUT2D eigenvalue weighted by molar-refractivity contribution is 5.92. The normalized spacial score (nSPS) is 23.1. The van der Waals surface area contributed by atoms with Crippen LogP contribution >= 0.6 is 0 Å². The van der Waals surface area contributed by atoms with E-state index in [4.69, 9.17) is 0 Å². The van der Waals surface area contributed by atoms with Gasteiger partial charge in [-0.3, -0.25) is 14.6 Å². The summed E-state index contributed by atoms with van der Waals surface area (Å²) >= 11 is 0. The van der Waals surface area contributed by atoms with E-state index in [0.717, 1.165) is 0 Å². The summed E-state index contributed by atoms with van der Waals surface area (Å²) in [5.41, 5.74) is -0.209. The van der Waals surface area contributed by atoms with Crippen LogP contribution in [0.1, 0.15) is 30.8 Å². The number of likely N-dealkylation sites (tertiary alicyclic amines) is 1. The second-order valence-electron chi connectivity index (χ2n) is 7.77. The van der Waals surface area contributed by atoms with Crippen LogP contribution in [-0.4, -0.2) is 88.3 Å². The van der Waals surface area contributed by atoms with Gasteiger partial charge in [0.05, 0.1) is 6.20 Å². The molecule has 0 saturated carbocycles. The Labute approximate surface area is 158 Å². The third-order valence-corrected chi connectivity index (χ3v) is 4.99. The van der Waals surface area contributed by atoms with E-state index in [9.17, 15) is 14.4 Å². The number of urea groups is 1. The highest BCUT2D eigenvalue weighted by Gasteiger charge is 2.47. The largest absolute Gasteiger partial charge is 0.345 e. The van der Waals surface area contributed by atoms with Gasteiger partial charge < -0.3 is 20.0 Å². The molecule has 0 aromatic carbocycles. The van der Waals surface area contributed by atoms with Crippen molar-refractivity contribution in [2.45, 2.75) is 26.3 Å². The molecule has 1 unspecified atom stereocenters. The monoisotopic (exact) mass is 374 g/mol. The van der Waals surface area contributed by atoms with Crippen molar-refractivity contribution < 1.29 is 14.4 Å². The van der Waals surface area contributed by atoms with Gasteiger partial charge in [0.25, 0.3) is 5.91 Å². The molecule has 2 fully saturated rings. The average Bonchev–Trinajstić information content (AvgIpc) is 2.79. The fourth-order valence-corrected chi connectivity index (χ4v) is 3.83. The maximum absolute atomic E-state index is 12.9. The molecule has 0 radical (unpaired) electrons. The van der Waals surface area contributed by atoms with E-state index >= 15 is 0 Å². The van der Waals surface area contributed by atoms with E-state index in [1.807, 2.05) is 13.8 Å². The number of aromatic nitrogens is 2. The van der Waals surface area contributed by atoms with Crippen LogP contribution in [0.25, 0.3) is 0 Å². The molecule has 0 bridgehead atoms. The molecule has 1 aromatic heterocycles. The summed E-state index contributed by atoms with van der Waals surface area (Å²) in [4.78, 5) is 50.9. The number of rotatable bonds is 2. The maximum Gasteiger partial charge on any atom is 0.317 e. The van der Waals surface area contributed by atoms with Crippen LogP contribution in [0.15, 0.2) is 18.6 Å². The molecule has 2 saturated heterocycles. The summed E-state index contributed by atoms with van der Waals surface area (Å²) in [6, 6.07) is -0.151. The Kier molecular flexibility index (Phi) is 5.29. The number of nitrogens with one attached hydrogen (secondary N) is 1. The summed E-state index contributed by atoms with van der Waals surface area (Å²) in [5.74, 6) is -0.191. The molecular weight excluding hydrogens is 348 g/mol. The van der Waals surface area contributed by atoms with Crippen LogP contribution in [0.4, 0.5) is 4.79 Å². The molecule has 1 atom stereocenters.